The average molecular weight is 313 g/mol. The Labute approximate surface area is 117 Å². The predicted molar refractivity (Wildman–Crippen MR) is 79.0 cm³/mol. The molecule has 1 aromatic carbocycles. The molecule has 0 aliphatic carbocycles. The van der Waals surface area contributed by atoms with Gasteiger partial charge in [-0.05, 0) is 43.5 Å². The van der Waals surface area contributed by atoms with Gasteiger partial charge in [-0.15, -0.1) is 0 Å². The number of ether oxygens (including phenoxy) is 1. The minimum atomic E-state index is 0.0319. The van der Waals surface area contributed by atoms with Crippen molar-refractivity contribution in [2.24, 2.45) is 5.73 Å². The minimum absolute atomic E-state index is 0.0319. The molecule has 0 aromatic heterocycles. The summed E-state index contributed by atoms with van der Waals surface area (Å²) in [7, 11) is 2.11. The van der Waals surface area contributed by atoms with Crippen LogP contribution in [0.2, 0.25) is 0 Å². The van der Waals surface area contributed by atoms with Gasteiger partial charge in [-0.2, -0.15) is 0 Å². The van der Waals surface area contributed by atoms with Crippen LogP contribution in [-0.2, 0) is 4.74 Å². The van der Waals surface area contributed by atoms with E-state index in [1.54, 1.807) is 0 Å². The maximum Gasteiger partial charge on any atom is 0.0750 e. The second-order valence-corrected chi connectivity index (χ2v) is 5.92. The fraction of sp³-hybridized carbons (Fsp3) is 0.571. The second-order valence-electron chi connectivity index (χ2n) is 5.01. The van der Waals surface area contributed by atoms with Gasteiger partial charge in [0.15, 0.2) is 0 Å². The number of halogens is 1. The van der Waals surface area contributed by atoms with Crippen molar-refractivity contribution in [1.82, 2.24) is 0 Å². The van der Waals surface area contributed by atoms with Crippen LogP contribution in [0.4, 0.5) is 5.69 Å². The van der Waals surface area contributed by atoms with Gasteiger partial charge in [0.1, 0.15) is 0 Å². The van der Waals surface area contributed by atoms with Crippen molar-refractivity contribution in [2.75, 3.05) is 25.1 Å². The number of likely N-dealkylation sites (N-methyl/N-ethyl adjacent to an activating group) is 1. The highest BCUT2D eigenvalue weighted by atomic mass is 79.9. The molecule has 1 aromatic rings. The van der Waals surface area contributed by atoms with Crippen molar-refractivity contribution in [3.05, 3.63) is 28.2 Å². The summed E-state index contributed by atoms with van der Waals surface area (Å²) in [6.07, 6.45) is 2.70. The van der Waals surface area contributed by atoms with Crippen LogP contribution in [0.5, 0.6) is 0 Å². The average Bonchev–Trinajstić information content (AvgIpc) is 2.81. The molecule has 0 spiro atoms. The van der Waals surface area contributed by atoms with Crippen molar-refractivity contribution in [1.29, 1.82) is 0 Å². The fourth-order valence-electron chi connectivity index (χ4n) is 2.43. The molecule has 2 rings (SSSR count). The normalized spacial score (nSPS) is 21.0. The van der Waals surface area contributed by atoms with Gasteiger partial charge in [0.25, 0.3) is 0 Å². The topological polar surface area (TPSA) is 38.5 Å². The van der Waals surface area contributed by atoms with Gasteiger partial charge >= 0.3 is 0 Å². The Morgan fingerprint density at radius 3 is 2.94 bits per heavy atom. The molecule has 1 saturated heterocycles. The van der Waals surface area contributed by atoms with E-state index < -0.39 is 0 Å². The van der Waals surface area contributed by atoms with E-state index in [2.05, 4.69) is 46.1 Å². The van der Waals surface area contributed by atoms with Gasteiger partial charge in [0, 0.05) is 36.4 Å². The highest BCUT2D eigenvalue weighted by Crippen LogP contribution is 2.28. The monoisotopic (exact) mass is 312 g/mol. The lowest BCUT2D eigenvalue weighted by atomic mass is 10.1. The van der Waals surface area contributed by atoms with E-state index in [4.69, 9.17) is 10.5 Å². The van der Waals surface area contributed by atoms with Gasteiger partial charge in [-0.25, -0.2) is 0 Å². The molecule has 1 fully saturated rings. The molecule has 1 aliphatic rings. The van der Waals surface area contributed by atoms with Gasteiger partial charge in [-0.3, -0.25) is 0 Å². The Kier molecular flexibility index (Phi) is 4.65. The Hall–Kier alpha value is -0.580. The van der Waals surface area contributed by atoms with E-state index in [9.17, 15) is 0 Å². The number of benzene rings is 1. The molecule has 0 saturated carbocycles. The summed E-state index contributed by atoms with van der Waals surface area (Å²) in [6.45, 7) is 3.85. The number of hydrogen-bond donors (Lipinski definition) is 1. The zero-order valence-corrected chi connectivity index (χ0v) is 12.6. The maximum absolute atomic E-state index is 6.05. The minimum Gasteiger partial charge on any atom is -0.376 e. The first-order chi connectivity index (χ1) is 8.58. The summed E-state index contributed by atoms with van der Waals surface area (Å²) < 4.78 is 6.76. The van der Waals surface area contributed by atoms with Crippen LogP contribution in [0.3, 0.4) is 0 Å². The van der Waals surface area contributed by atoms with E-state index in [-0.39, 0.29) is 6.04 Å². The van der Waals surface area contributed by atoms with Crippen molar-refractivity contribution in [2.45, 2.75) is 31.9 Å². The third kappa shape index (κ3) is 3.25. The van der Waals surface area contributed by atoms with E-state index in [1.165, 1.54) is 17.7 Å². The summed E-state index contributed by atoms with van der Waals surface area (Å²) in [5.41, 5.74) is 8.42. The molecular weight excluding hydrogens is 292 g/mol. The lowest BCUT2D eigenvalue weighted by Crippen LogP contribution is -2.29. The van der Waals surface area contributed by atoms with Crippen LogP contribution in [0.15, 0.2) is 22.7 Å². The molecule has 2 atom stereocenters. The molecule has 0 bridgehead atoms. The smallest absolute Gasteiger partial charge is 0.0750 e. The summed E-state index contributed by atoms with van der Waals surface area (Å²) in [5, 5.41) is 0. The third-order valence-electron chi connectivity index (χ3n) is 3.39. The number of anilines is 1. The summed E-state index contributed by atoms with van der Waals surface area (Å²) in [4.78, 5) is 2.25. The quantitative estimate of drug-likeness (QED) is 0.928. The molecule has 18 heavy (non-hydrogen) atoms. The van der Waals surface area contributed by atoms with Gasteiger partial charge < -0.3 is 15.4 Å². The molecular formula is C14H21BrN2O. The Morgan fingerprint density at radius 1 is 1.56 bits per heavy atom. The van der Waals surface area contributed by atoms with E-state index >= 15 is 0 Å². The number of hydrogen-bond acceptors (Lipinski definition) is 3. The van der Waals surface area contributed by atoms with Crippen LogP contribution in [0.1, 0.15) is 31.4 Å². The molecule has 0 amide bonds. The fourth-order valence-corrected chi connectivity index (χ4v) is 2.81. The van der Waals surface area contributed by atoms with E-state index in [1.807, 2.05) is 6.92 Å². The van der Waals surface area contributed by atoms with Crippen molar-refractivity contribution in [3.63, 3.8) is 0 Å². The van der Waals surface area contributed by atoms with Crippen molar-refractivity contribution in [3.8, 4) is 0 Å². The van der Waals surface area contributed by atoms with Crippen LogP contribution >= 0.6 is 15.9 Å². The first-order valence-corrected chi connectivity index (χ1v) is 7.25. The number of nitrogens with zero attached hydrogens (tertiary/aromatic N) is 1. The number of nitrogens with two attached hydrogens (primary N) is 1. The molecule has 2 unspecified atom stereocenters. The zero-order chi connectivity index (χ0) is 13.1. The molecule has 1 aliphatic heterocycles. The lowest BCUT2D eigenvalue weighted by molar-refractivity contribution is 0.116. The molecule has 4 heteroatoms. The molecule has 100 valence electrons. The van der Waals surface area contributed by atoms with Crippen LogP contribution in [-0.4, -0.2) is 26.3 Å². The van der Waals surface area contributed by atoms with Crippen LogP contribution in [0.25, 0.3) is 0 Å². The van der Waals surface area contributed by atoms with Crippen molar-refractivity contribution < 1.29 is 4.74 Å². The largest absolute Gasteiger partial charge is 0.376 e. The highest BCUT2D eigenvalue weighted by molar-refractivity contribution is 9.10. The predicted octanol–water partition coefficient (Wildman–Crippen LogP) is 3.08. The van der Waals surface area contributed by atoms with Crippen LogP contribution < -0.4 is 10.6 Å². The summed E-state index contributed by atoms with van der Waals surface area (Å²) >= 11 is 3.50. The molecule has 0 radical (unpaired) electrons. The Morgan fingerprint density at radius 2 is 2.33 bits per heavy atom. The summed E-state index contributed by atoms with van der Waals surface area (Å²) in [5.74, 6) is 0. The first kappa shape index (κ1) is 13.8. The van der Waals surface area contributed by atoms with Crippen LogP contribution in [0, 0.1) is 0 Å². The summed E-state index contributed by atoms with van der Waals surface area (Å²) in [6, 6.07) is 6.32. The van der Waals surface area contributed by atoms with E-state index in [0.29, 0.717) is 6.10 Å². The molecule has 2 N–H and O–H groups in total. The third-order valence-corrected chi connectivity index (χ3v) is 3.89. The molecule has 1 heterocycles. The second kappa shape index (κ2) is 6.04. The SMILES string of the molecule is CC(N)c1cc(Br)ccc1N(C)CC1CCCO1. The first-order valence-electron chi connectivity index (χ1n) is 6.45. The standard InChI is InChI=1S/C14H21BrN2O/c1-10(16)13-8-11(15)5-6-14(13)17(2)9-12-4-3-7-18-12/h5-6,8,10,12H,3-4,7,9,16H2,1-2H3. The van der Waals surface area contributed by atoms with E-state index in [0.717, 1.165) is 24.0 Å². The lowest BCUT2D eigenvalue weighted by Gasteiger charge is -2.26. The van der Waals surface area contributed by atoms with Gasteiger partial charge in [0.05, 0.1) is 6.10 Å². The zero-order valence-electron chi connectivity index (χ0n) is 11.0. The maximum atomic E-state index is 6.05. The molecule has 3 nitrogen and oxygen atoms in total. The Balaban J connectivity index is 2.15. The van der Waals surface area contributed by atoms with Crippen molar-refractivity contribution >= 4 is 21.6 Å². The highest BCUT2D eigenvalue weighted by Gasteiger charge is 2.19. The van der Waals surface area contributed by atoms with Gasteiger partial charge in [-0.1, -0.05) is 15.9 Å². The van der Waals surface area contributed by atoms with Gasteiger partial charge in [0.2, 0.25) is 0 Å². The Bertz CT molecular complexity index is 403. The number of rotatable bonds is 4.